The van der Waals surface area contributed by atoms with Crippen LogP contribution < -0.4 is 21.3 Å². The van der Waals surface area contributed by atoms with Crippen molar-refractivity contribution in [1.82, 2.24) is 26.3 Å². The number of fused-ring (bicyclic) bond motifs is 1. The molecule has 0 bridgehead atoms. The predicted octanol–water partition coefficient (Wildman–Crippen LogP) is 3.21. The molecule has 10 nitrogen and oxygen atoms in total. The van der Waals surface area contributed by atoms with Crippen molar-refractivity contribution in [2.75, 3.05) is 6.54 Å². The topological polar surface area (TPSA) is 149 Å². The van der Waals surface area contributed by atoms with Gasteiger partial charge in [0.2, 0.25) is 17.6 Å². The molecule has 12 heteroatoms. The second-order valence-electron chi connectivity index (χ2n) is 11.8. The van der Waals surface area contributed by atoms with Gasteiger partial charge in [-0.2, -0.15) is 0 Å². The van der Waals surface area contributed by atoms with Crippen molar-refractivity contribution in [2.24, 2.45) is 5.92 Å². The Balaban J connectivity index is 1.38. The van der Waals surface area contributed by atoms with E-state index in [1.807, 2.05) is 12.1 Å². The number of hydrogen-bond acceptors (Lipinski definition) is 5. The summed E-state index contributed by atoms with van der Waals surface area (Å²) in [5, 5.41) is 11.5. The first-order chi connectivity index (χ1) is 21.7. The number of carbonyl (C=O) groups excluding carboxylic acids is 5. The molecule has 2 aromatic carbocycles. The maximum absolute atomic E-state index is 14.1. The first-order valence-electron chi connectivity index (χ1n) is 15.4. The standard InChI is InChI=1S/C33H37F2N5O5/c34-23-13-12-19(15-24(23)35)16-27(40-32(44)28-17-20-7-4-5-11-25(20)38-28)31(43)39-26(18-21-8-6-14-36-30(21)42)29(41)33(45)37-22-9-2-1-3-10-22/h4-5,7,11-13,15,17,21-22,26-27,38H,1-3,6,8-10,14,16,18H2,(H,36,42)(H,37,45)(H,39,43)(H,40,44)/t21-,26-,27-/m0/s1. The molecule has 1 saturated heterocycles. The van der Waals surface area contributed by atoms with Gasteiger partial charge in [0.25, 0.3) is 11.8 Å². The van der Waals surface area contributed by atoms with Gasteiger partial charge in [-0.05, 0) is 61.9 Å². The lowest BCUT2D eigenvalue weighted by molar-refractivity contribution is -0.141. The smallest absolute Gasteiger partial charge is 0.289 e. The van der Waals surface area contributed by atoms with Gasteiger partial charge in [0, 0.05) is 35.8 Å². The van der Waals surface area contributed by atoms with E-state index >= 15 is 0 Å². The highest BCUT2D eigenvalue weighted by Crippen LogP contribution is 2.21. The third-order valence-corrected chi connectivity index (χ3v) is 8.54. The van der Waals surface area contributed by atoms with Gasteiger partial charge in [-0.3, -0.25) is 24.0 Å². The van der Waals surface area contributed by atoms with E-state index in [1.165, 1.54) is 6.07 Å². The van der Waals surface area contributed by atoms with E-state index in [1.54, 1.807) is 18.2 Å². The Bertz CT molecular complexity index is 1550. The average molecular weight is 622 g/mol. The molecule has 1 aliphatic heterocycles. The molecular weight excluding hydrogens is 584 g/mol. The third kappa shape index (κ3) is 8.11. The van der Waals surface area contributed by atoms with Gasteiger partial charge in [-0.15, -0.1) is 0 Å². The molecule has 4 amide bonds. The van der Waals surface area contributed by atoms with Crippen LogP contribution in [0.3, 0.4) is 0 Å². The lowest BCUT2D eigenvalue weighted by atomic mass is 9.89. The number of amides is 4. The van der Waals surface area contributed by atoms with Gasteiger partial charge in [0.1, 0.15) is 11.7 Å². The van der Waals surface area contributed by atoms with E-state index < -0.39 is 53.1 Å². The molecule has 2 fully saturated rings. The van der Waals surface area contributed by atoms with E-state index in [4.69, 9.17) is 0 Å². The second kappa shape index (κ2) is 14.4. The quantitative estimate of drug-likeness (QED) is 0.209. The van der Waals surface area contributed by atoms with Crippen LogP contribution in [0.1, 0.15) is 67.4 Å². The van der Waals surface area contributed by atoms with Crippen LogP contribution in [-0.2, 0) is 25.6 Å². The van der Waals surface area contributed by atoms with Gasteiger partial charge in [-0.1, -0.05) is 43.5 Å². The Morgan fingerprint density at radius 1 is 0.867 bits per heavy atom. The van der Waals surface area contributed by atoms with Gasteiger partial charge in [0.05, 0.1) is 6.04 Å². The normalized spacial score (nSPS) is 18.4. The second-order valence-corrected chi connectivity index (χ2v) is 11.8. The number of nitrogens with one attached hydrogen (secondary N) is 5. The zero-order chi connectivity index (χ0) is 31.9. The molecule has 1 saturated carbocycles. The summed E-state index contributed by atoms with van der Waals surface area (Å²) in [6, 6.07) is 9.11. The van der Waals surface area contributed by atoms with Crippen molar-refractivity contribution in [3.05, 3.63) is 71.4 Å². The Hall–Kier alpha value is -4.61. The summed E-state index contributed by atoms with van der Waals surface area (Å²) in [7, 11) is 0. The van der Waals surface area contributed by atoms with Crippen molar-refractivity contribution in [2.45, 2.75) is 75.9 Å². The number of carbonyl (C=O) groups is 5. The van der Waals surface area contributed by atoms with Crippen LogP contribution in [0.2, 0.25) is 0 Å². The first kappa shape index (κ1) is 31.8. The van der Waals surface area contributed by atoms with Crippen LogP contribution in [0.5, 0.6) is 0 Å². The summed E-state index contributed by atoms with van der Waals surface area (Å²) in [5.74, 6) is -6.26. The SMILES string of the molecule is O=C(NC1CCCCC1)C(=O)[C@H](C[C@@H]1CCCNC1=O)NC(=O)[C@H](Cc1ccc(F)c(F)c1)NC(=O)c1cc2ccccc2[nH]1. The number of aromatic amines is 1. The summed E-state index contributed by atoms with van der Waals surface area (Å²) in [6.45, 7) is 0.499. The molecule has 5 N–H and O–H groups in total. The van der Waals surface area contributed by atoms with E-state index in [0.29, 0.717) is 24.9 Å². The lowest BCUT2D eigenvalue weighted by Gasteiger charge is -2.28. The molecule has 5 rings (SSSR count). The molecule has 3 atom stereocenters. The summed E-state index contributed by atoms with van der Waals surface area (Å²) in [5.41, 5.74) is 1.08. The molecule has 238 valence electrons. The summed E-state index contributed by atoms with van der Waals surface area (Å²) < 4.78 is 27.7. The van der Waals surface area contributed by atoms with Gasteiger partial charge < -0.3 is 26.3 Å². The van der Waals surface area contributed by atoms with E-state index in [-0.39, 0.29) is 36.0 Å². The largest absolute Gasteiger partial charge is 0.356 e. The minimum absolute atomic E-state index is 0.109. The molecule has 45 heavy (non-hydrogen) atoms. The van der Waals surface area contributed by atoms with E-state index in [9.17, 15) is 32.8 Å². The molecule has 3 aromatic rings. The van der Waals surface area contributed by atoms with Gasteiger partial charge >= 0.3 is 0 Å². The maximum Gasteiger partial charge on any atom is 0.289 e. The van der Waals surface area contributed by atoms with Crippen molar-refractivity contribution in [3.63, 3.8) is 0 Å². The zero-order valence-electron chi connectivity index (χ0n) is 24.8. The number of halogens is 2. The molecule has 1 aliphatic carbocycles. The van der Waals surface area contributed by atoms with Crippen LogP contribution in [0, 0.1) is 17.6 Å². The first-order valence-corrected chi connectivity index (χ1v) is 15.4. The minimum Gasteiger partial charge on any atom is -0.356 e. The molecule has 1 aromatic heterocycles. The highest BCUT2D eigenvalue weighted by molar-refractivity contribution is 6.38. The van der Waals surface area contributed by atoms with Gasteiger partial charge in [-0.25, -0.2) is 8.78 Å². The molecule has 2 aliphatic rings. The number of hydrogen-bond donors (Lipinski definition) is 5. The van der Waals surface area contributed by atoms with Crippen LogP contribution in [0.25, 0.3) is 10.9 Å². The average Bonchev–Trinajstić information content (AvgIpc) is 3.48. The highest BCUT2D eigenvalue weighted by Gasteiger charge is 2.36. The number of para-hydroxylation sites is 1. The van der Waals surface area contributed by atoms with Crippen LogP contribution in [0.4, 0.5) is 8.78 Å². The molecule has 2 heterocycles. The molecule has 0 spiro atoms. The third-order valence-electron chi connectivity index (χ3n) is 8.54. The number of benzene rings is 2. The van der Waals surface area contributed by atoms with Crippen molar-refractivity contribution >= 4 is 40.3 Å². The number of ketones is 1. The van der Waals surface area contributed by atoms with Crippen molar-refractivity contribution in [1.29, 1.82) is 0 Å². The van der Waals surface area contributed by atoms with Gasteiger partial charge in [0.15, 0.2) is 11.6 Å². The van der Waals surface area contributed by atoms with Crippen molar-refractivity contribution < 1.29 is 32.8 Å². The van der Waals surface area contributed by atoms with Crippen LogP contribution in [-0.4, -0.2) is 59.1 Å². The summed E-state index contributed by atoms with van der Waals surface area (Å²) >= 11 is 0. The molecular formula is C33H37F2N5O5. The highest BCUT2D eigenvalue weighted by atomic mass is 19.2. The fraction of sp³-hybridized carbons (Fsp3) is 0.424. The predicted molar refractivity (Wildman–Crippen MR) is 162 cm³/mol. The monoisotopic (exact) mass is 621 g/mol. The van der Waals surface area contributed by atoms with Crippen LogP contribution >= 0.6 is 0 Å². The number of piperidine rings is 1. The summed E-state index contributed by atoms with van der Waals surface area (Å²) in [4.78, 5) is 69.2. The summed E-state index contributed by atoms with van der Waals surface area (Å²) in [6.07, 6.45) is 5.22. The minimum atomic E-state index is -1.35. The fourth-order valence-corrected chi connectivity index (χ4v) is 6.05. The number of rotatable bonds is 11. The maximum atomic E-state index is 14.1. The lowest BCUT2D eigenvalue weighted by Crippen LogP contribution is -2.56. The number of H-pyrrole nitrogens is 1. The zero-order valence-corrected chi connectivity index (χ0v) is 24.8. The molecule has 0 radical (unpaired) electrons. The Labute approximate surface area is 259 Å². The molecule has 0 unspecified atom stereocenters. The Morgan fingerprint density at radius 3 is 2.38 bits per heavy atom. The van der Waals surface area contributed by atoms with E-state index in [0.717, 1.165) is 49.6 Å². The van der Waals surface area contributed by atoms with E-state index in [2.05, 4.69) is 26.3 Å². The Morgan fingerprint density at radius 2 is 1.64 bits per heavy atom. The Kier molecular flexibility index (Phi) is 10.2. The van der Waals surface area contributed by atoms with Crippen molar-refractivity contribution in [3.8, 4) is 0 Å². The van der Waals surface area contributed by atoms with Crippen LogP contribution in [0.15, 0.2) is 48.5 Å². The number of Topliss-reactive ketones (excluding diaryl/α,β-unsaturated/α-hetero) is 1. The fourth-order valence-electron chi connectivity index (χ4n) is 6.05. The number of aromatic nitrogens is 1.